The summed E-state index contributed by atoms with van der Waals surface area (Å²) in [6.45, 7) is 1.44. The van der Waals surface area contributed by atoms with E-state index >= 15 is 0 Å². The summed E-state index contributed by atoms with van der Waals surface area (Å²) in [5, 5.41) is 5.41. The summed E-state index contributed by atoms with van der Waals surface area (Å²) in [5.41, 5.74) is 2.12. The topological polar surface area (TPSA) is 76.7 Å². The Kier molecular flexibility index (Phi) is 6.17. The van der Waals surface area contributed by atoms with Crippen molar-refractivity contribution in [3.8, 4) is 11.5 Å². The summed E-state index contributed by atoms with van der Waals surface area (Å²) in [4.78, 5) is 23.0. The van der Waals surface area contributed by atoms with Gasteiger partial charge >= 0.3 is 0 Å². The summed E-state index contributed by atoms with van der Waals surface area (Å²) < 4.78 is 10.4. The molecule has 0 bridgehead atoms. The van der Waals surface area contributed by atoms with E-state index in [0.717, 1.165) is 5.56 Å². The quantitative estimate of drug-likeness (QED) is 0.791. The molecule has 2 aromatic carbocycles. The second-order valence-corrected chi connectivity index (χ2v) is 5.20. The maximum Gasteiger partial charge on any atom is 0.248 e. The molecule has 0 fully saturated rings. The number of benzene rings is 2. The SMILES string of the molecule is COc1ccc(C=CC(=O)Nc2ccc(NC(C)=O)cc2)cc1OC. The Morgan fingerprint density at radius 3 is 2.04 bits per heavy atom. The van der Waals surface area contributed by atoms with Crippen molar-refractivity contribution < 1.29 is 19.1 Å². The van der Waals surface area contributed by atoms with Gasteiger partial charge in [0.25, 0.3) is 0 Å². The standard InChI is InChI=1S/C19H20N2O4/c1-13(22)20-15-6-8-16(9-7-15)21-19(23)11-5-14-4-10-17(24-2)18(12-14)25-3/h4-12H,1-3H3,(H,20,22)(H,21,23). The van der Waals surface area contributed by atoms with E-state index in [1.54, 1.807) is 56.7 Å². The van der Waals surface area contributed by atoms with E-state index in [2.05, 4.69) is 10.6 Å². The van der Waals surface area contributed by atoms with E-state index in [4.69, 9.17) is 9.47 Å². The zero-order chi connectivity index (χ0) is 18.2. The zero-order valence-corrected chi connectivity index (χ0v) is 14.3. The Bertz CT molecular complexity index is 783. The minimum atomic E-state index is -0.262. The molecule has 2 rings (SSSR count). The number of ether oxygens (including phenoxy) is 2. The van der Waals surface area contributed by atoms with Crippen LogP contribution in [0.4, 0.5) is 11.4 Å². The Labute approximate surface area is 146 Å². The number of rotatable bonds is 6. The van der Waals surface area contributed by atoms with Gasteiger partial charge in [-0.3, -0.25) is 9.59 Å². The Hall–Kier alpha value is -3.28. The first kappa shape index (κ1) is 18.1. The maximum absolute atomic E-state index is 12.0. The molecule has 2 aromatic rings. The highest BCUT2D eigenvalue weighted by atomic mass is 16.5. The van der Waals surface area contributed by atoms with E-state index in [9.17, 15) is 9.59 Å². The van der Waals surface area contributed by atoms with Gasteiger partial charge in [0.15, 0.2) is 11.5 Å². The van der Waals surface area contributed by atoms with Gasteiger partial charge in [-0.2, -0.15) is 0 Å². The molecule has 0 unspecified atom stereocenters. The predicted octanol–water partition coefficient (Wildman–Crippen LogP) is 3.31. The summed E-state index contributed by atoms with van der Waals surface area (Å²) in [6.07, 6.45) is 3.12. The lowest BCUT2D eigenvalue weighted by atomic mass is 10.2. The van der Waals surface area contributed by atoms with Gasteiger partial charge in [-0.05, 0) is 48.0 Å². The van der Waals surface area contributed by atoms with Crippen molar-refractivity contribution in [1.82, 2.24) is 0 Å². The third-order valence-corrected chi connectivity index (χ3v) is 3.31. The summed E-state index contributed by atoms with van der Waals surface area (Å²) in [5.74, 6) is 0.818. The van der Waals surface area contributed by atoms with Crippen molar-refractivity contribution in [3.63, 3.8) is 0 Å². The molecule has 2 N–H and O–H groups in total. The highest BCUT2D eigenvalue weighted by Gasteiger charge is 2.04. The molecular weight excluding hydrogens is 320 g/mol. The van der Waals surface area contributed by atoms with E-state index in [-0.39, 0.29) is 11.8 Å². The minimum absolute atomic E-state index is 0.144. The van der Waals surface area contributed by atoms with Crippen molar-refractivity contribution in [2.75, 3.05) is 24.9 Å². The summed E-state index contributed by atoms with van der Waals surface area (Å²) in [7, 11) is 3.13. The first-order valence-corrected chi connectivity index (χ1v) is 7.60. The van der Waals surface area contributed by atoms with Crippen LogP contribution in [0.5, 0.6) is 11.5 Å². The smallest absolute Gasteiger partial charge is 0.248 e. The lowest BCUT2D eigenvalue weighted by Gasteiger charge is -2.07. The monoisotopic (exact) mass is 340 g/mol. The fraction of sp³-hybridized carbons (Fsp3) is 0.158. The summed E-state index contributed by atoms with van der Waals surface area (Å²) >= 11 is 0. The molecule has 0 spiro atoms. The van der Waals surface area contributed by atoms with Gasteiger partial charge in [0.1, 0.15) is 0 Å². The van der Waals surface area contributed by atoms with Crippen molar-refractivity contribution in [2.24, 2.45) is 0 Å². The van der Waals surface area contributed by atoms with E-state index in [0.29, 0.717) is 22.9 Å². The number of nitrogens with one attached hydrogen (secondary N) is 2. The molecule has 0 atom stereocenters. The second kappa shape index (κ2) is 8.54. The fourth-order valence-electron chi connectivity index (χ4n) is 2.15. The van der Waals surface area contributed by atoms with Crippen molar-refractivity contribution >= 4 is 29.3 Å². The number of anilines is 2. The van der Waals surface area contributed by atoms with Gasteiger partial charge in [0.05, 0.1) is 14.2 Å². The molecule has 0 aliphatic carbocycles. The molecule has 130 valence electrons. The van der Waals surface area contributed by atoms with Crippen molar-refractivity contribution in [3.05, 3.63) is 54.1 Å². The van der Waals surface area contributed by atoms with Crippen LogP contribution < -0.4 is 20.1 Å². The number of methoxy groups -OCH3 is 2. The van der Waals surface area contributed by atoms with Crippen LogP contribution in [0.2, 0.25) is 0 Å². The molecule has 2 amide bonds. The van der Waals surface area contributed by atoms with Crippen molar-refractivity contribution in [2.45, 2.75) is 6.92 Å². The van der Waals surface area contributed by atoms with E-state index in [1.807, 2.05) is 6.07 Å². The molecule has 6 nitrogen and oxygen atoms in total. The zero-order valence-electron chi connectivity index (χ0n) is 14.3. The third kappa shape index (κ3) is 5.39. The number of carbonyl (C=O) groups is 2. The van der Waals surface area contributed by atoms with Gasteiger partial charge in [-0.15, -0.1) is 0 Å². The molecule has 0 aliphatic rings. The van der Waals surface area contributed by atoms with Gasteiger partial charge in [-0.1, -0.05) is 6.07 Å². The van der Waals surface area contributed by atoms with Gasteiger partial charge < -0.3 is 20.1 Å². The average molecular weight is 340 g/mol. The van der Waals surface area contributed by atoms with Crippen LogP contribution in [0.25, 0.3) is 6.08 Å². The fourth-order valence-corrected chi connectivity index (χ4v) is 2.15. The number of hydrogen-bond donors (Lipinski definition) is 2. The average Bonchev–Trinajstić information content (AvgIpc) is 2.61. The van der Waals surface area contributed by atoms with E-state index < -0.39 is 0 Å². The second-order valence-electron chi connectivity index (χ2n) is 5.20. The molecule has 6 heteroatoms. The van der Waals surface area contributed by atoms with Crippen LogP contribution in [0.3, 0.4) is 0 Å². The maximum atomic E-state index is 12.0. The van der Waals surface area contributed by atoms with Gasteiger partial charge in [0, 0.05) is 24.4 Å². The molecule has 0 radical (unpaired) electrons. The van der Waals surface area contributed by atoms with Crippen molar-refractivity contribution in [1.29, 1.82) is 0 Å². The highest BCUT2D eigenvalue weighted by molar-refractivity contribution is 6.02. The summed E-state index contributed by atoms with van der Waals surface area (Å²) in [6, 6.07) is 12.3. The molecule has 25 heavy (non-hydrogen) atoms. The molecule has 0 heterocycles. The molecular formula is C19H20N2O4. The van der Waals surface area contributed by atoms with Gasteiger partial charge in [-0.25, -0.2) is 0 Å². The first-order valence-electron chi connectivity index (χ1n) is 7.60. The van der Waals surface area contributed by atoms with Gasteiger partial charge in [0.2, 0.25) is 11.8 Å². The third-order valence-electron chi connectivity index (χ3n) is 3.31. The highest BCUT2D eigenvalue weighted by Crippen LogP contribution is 2.27. The van der Waals surface area contributed by atoms with Crippen LogP contribution in [-0.4, -0.2) is 26.0 Å². The van der Waals surface area contributed by atoms with Crippen LogP contribution in [0.1, 0.15) is 12.5 Å². The van der Waals surface area contributed by atoms with E-state index in [1.165, 1.54) is 13.0 Å². The van der Waals surface area contributed by atoms with Crippen LogP contribution >= 0.6 is 0 Å². The van der Waals surface area contributed by atoms with Crippen LogP contribution in [0, 0.1) is 0 Å². The lowest BCUT2D eigenvalue weighted by Crippen LogP contribution is -2.08. The molecule has 0 aromatic heterocycles. The Morgan fingerprint density at radius 1 is 0.880 bits per heavy atom. The molecule has 0 saturated heterocycles. The first-order chi connectivity index (χ1) is 12.0. The Balaban J connectivity index is 1.99. The predicted molar refractivity (Wildman–Crippen MR) is 98.0 cm³/mol. The molecule has 0 aliphatic heterocycles. The molecule has 0 saturated carbocycles. The normalized spacial score (nSPS) is 10.4. The largest absolute Gasteiger partial charge is 0.493 e. The number of amides is 2. The Morgan fingerprint density at radius 2 is 1.48 bits per heavy atom. The number of carbonyl (C=O) groups excluding carboxylic acids is 2. The van der Waals surface area contributed by atoms with Crippen LogP contribution in [0.15, 0.2) is 48.5 Å². The number of hydrogen-bond acceptors (Lipinski definition) is 4. The minimum Gasteiger partial charge on any atom is -0.493 e. The van der Waals surface area contributed by atoms with Crippen LogP contribution in [-0.2, 0) is 9.59 Å². The lowest BCUT2D eigenvalue weighted by molar-refractivity contribution is -0.114.